The van der Waals surface area contributed by atoms with Crippen LogP contribution < -0.4 is 5.73 Å². The van der Waals surface area contributed by atoms with E-state index >= 15 is 0 Å². The molecule has 2 rings (SSSR count). The summed E-state index contributed by atoms with van der Waals surface area (Å²) in [6.45, 7) is 1.55. The second kappa shape index (κ2) is 4.79. The first-order valence-electron chi connectivity index (χ1n) is 5.22. The molecule has 3 nitrogen and oxygen atoms in total. The summed E-state index contributed by atoms with van der Waals surface area (Å²) in [5, 5.41) is 9.32. The van der Waals surface area contributed by atoms with E-state index in [9.17, 15) is 9.90 Å². The standard InChI is InChI=1S/C13H13NO2S/c1-8(15)11-5-6-12(17-11)9-3-2-4-10(7-9)13(14)16/h2-7,13,16H,14H2,1H3. The molecule has 0 saturated carbocycles. The van der Waals surface area contributed by atoms with Crippen molar-refractivity contribution in [2.45, 2.75) is 13.2 Å². The molecule has 3 N–H and O–H groups in total. The molecule has 17 heavy (non-hydrogen) atoms. The van der Waals surface area contributed by atoms with Crippen molar-refractivity contribution in [1.82, 2.24) is 0 Å². The number of ketones is 1. The van der Waals surface area contributed by atoms with Gasteiger partial charge in [-0.2, -0.15) is 0 Å². The summed E-state index contributed by atoms with van der Waals surface area (Å²) in [7, 11) is 0. The minimum Gasteiger partial charge on any atom is -0.375 e. The maximum Gasteiger partial charge on any atom is 0.169 e. The first kappa shape index (κ1) is 12.0. The number of carbonyl (C=O) groups is 1. The van der Waals surface area contributed by atoms with Crippen LogP contribution in [0.3, 0.4) is 0 Å². The van der Waals surface area contributed by atoms with Crippen molar-refractivity contribution >= 4 is 17.1 Å². The second-order valence-electron chi connectivity index (χ2n) is 3.79. The summed E-state index contributed by atoms with van der Waals surface area (Å²) in [4.78, 5) is 12.9. The number of hydrogen-bond acceptors (Lipinski definition) is 4. The number of thiophene rings is 1. The lowest BCUT2D eigenvalue weighted by atomic mass is 10.1. The number of rotatable bonds is 3. The molecule has 0 aliphatic carbocycles. The van der Waals surface area contributed by atoms with E-state index in [0.717, 1.165) is 15.3 Å². The number of Topliss-reactive ketones (excluding diaryl/α,β-unsaturated/α-hetero) is 1. The molecule has 0 aliphatic rings. The van der Waals surface area contributed by atoms with Gasteiger partial charge in [-0.05, 0) is 36.2 Å². The molecule has 1 heterocycles. The van der Waals surface area contributed by atoms with E-state index in [0.29, 0.717) is 5.56 Å². The molecule has 1 unspecified atom stereocenters. The Bertz CT molecular complexity index is 546. The van der Waals surface area contributed by atoms with Crippen LogP contribution in [0.4, 0.5) is 0 Å². The molecule has 0 saturated heterocycles. The van der Waals surface area contributed by atoms with E-state index in [-0.39, 0.29) is 5.78 Å². The van der Waals surface area contributed by atoms with Crippen molar-refractivity contribution in [3.63, 3.8) is 0 Å². The van der Waals surface area contributed by atoms with Gasteiger partial charge in [-0.1, -0.05) is 18.2 Å². The van der Waals surface area contributed by atoms with Gasteiger partial charge in [0.15, 0.2) is 5.78 Å². The Morgan fingerprint density at radius 1 is 1.35 bits per heavy atom. The molecule has 4 heteroatoms. The Balaban J connectivity index is 2.38. The average Bonchev–Trinajstić information content (AvgIpc) is 2.78. The smallest absolute Gasteiger partial charge is 0.169 e. The summed E-state index contributed by atoms with van der Waals surface area (Å²) in [5.74, 6) is 0.0660. The van der Waals surface area contributed by atoms with Gasteiger partial charge < -0.3 is 10.8 Å². The molecular weight excluding hydrogens is 234 g/mol. The molecular formula is C13H13NO2S. The van der Waals surface area contributed by atoms with Crippen molar-refractivity contribution in [3.8, 4) is 10.4 Å². The molecule has 1 aromatic heterocycles. The van der Waals surface area contributed by atoms with Gasteiger partial charge in [0.2, 0.25) is 0 Å². The van der Waals surface area contributed by atoms with Gasteiger partial charge in [-0.3, -0.25) is 4.79 Å². The predicted octanol–water partition coefficient (Wildman–Crippen LogP) is 2.57. The molecule has 0 spiro atoms. The third-order valence-corrected chi connectivity index (χ3v) is 3.70. The van der Waals surface area contributed by atoms with Gasteiger partial charge in [0, 0.05) is 4.88 Å². The summed E-state index contributed by atoms with van der Waals surface area (Å²) in [6, 6.07) is 11.1. The number of benzene rings is 1. The predicted molar refractivity (Wildman–Crippen MR) is 68.9 cm³/mol. The van der Waals surface area contributed by atoms with Crippen molar-refractivity contribution < 1.29 is 9.90 Å². The van der Waals surface area contributed by atoms with Gasteiger partial charge >= 0.3 is 0 Å². The fourth-order valence-electron chi connectivity index (χ4n) is 1.56. The first-order valence-corrected chi connectivity index (χ1v) is 6.04. The highest BCUT2D eigenvalue weighted by Crippen LogP contribution is 2.29. The van der Waals surface area contributed by atoms with Crippen LogP contribution in [0.25, 0.3) is 10.4 Å². The number of aliphatic hydroxyl groups excluding tert-OH is 1. The fourth-order valence-corrected chi connectivity index (χ4v) is 2.46. The van der Waals surface area contributed by atoms with Crippen molar-refractivity contribution in [1.29, 1.82) is 0 Å². The zero-order chi connectivity index (χ0) is 12.4. The fraction of sp³-hybridized carbons (Fsp3) is 0.154. The van der Waals surface area contributed by atoms with Crippen LogP contribution in [0.15, 0.2) is 36.4 Å². The van der Waals surface area contributed by atoms with Gasteiger partial charge in [-0.15, -0.1) is 11.3 Å². The Hall–Kier alpha value is -1.49. The average molecular weight is 247 g/mol. The summed E-state index contributed by atoms with van der Waals surface area (Å²) < 4.78 is 0. The van der Waals surface area contributed by atoms with Crippen LogP contribution >= 0.6 is 11.3 Å². The van der Waals surface area contributed by atoms with E-state index in [1.807, 2.05) is 30.3 Å². The lowest BCUT2D eigenvalue weighted by Gasteiger charge is -2.06. The van der Waals surface area contributed by atoms with Crippen LogP contribution in [0.5, 0.6) is 0 Å². The molecule has 0 radical (unpaired) electrons. The molecule has 1 aromatic carbocycles. The van der Waals surface area contributed by atoms with E-state index in [1.165, 1.54) is 11.3 Å². The highest BCUT2D eigenvalue weighted by Gasteiger charge is 2.08. The van der Waals surface area contributed by atoms with Gasteiger partial charge in [0.1, 0.15) is 6.23 Å². The van der Waals surface area contributed by atoms with Gasteiger partial charge in [0.25, 0.3) is 0 Å². The summed E-state index contributed by atoms with van der Waals surface area (Å²) in [5.41, 5.74) is 7.05. The van der Waals surface area contributed by atoms with E-state index in [2.05, 4.69) is 0 Å². The van der Waals surface area contributed by atoms with Crippen LogP contribution in [-0.4, -0.2) is 10.9 Å². The number of carbonyl (C=O) groups excluding carboxylic acids is 1. The summed E-state index contributed by atoms with van der Waals surface area (Å²) in [6.07, 6.45) is -0.970. The largest absolute Gasteiger partial charge is 0.375 e. The van der Waals surface area contributed by atoms with E-state index in [4.69, 9.17) is 5.73 Å². The maximum absolute atomic E-state index is 11.2. The zero-order valence-electron chi connectivity index (χ0n) is 9.38. The normalized spacial score (nSPS) is 12.4. The lowest BCUT2D eigenvalue weighted by molar-refractivity contribution is 0.102. The van der Waals surface area contributed by atoms with Crippen LogP contribution in [0.1, 0.15) is 28.4 Å². The lowest BCUT2D eigenvalue weighted by Crippen LogP contribution is -2.08. The molecule has 1 atom stereocenters. The van der Waals surface area contributed by atoms with Gasteiger partial charge in [-0.25, -0.2) is 0 Å². The van der Waals surface area contributed by atoms with E-state index in [1.54, 1.807) is 13.0 Å². The van der Waals surface area contributed by atoms with Gasteiger partial charge in [0.05, 0.1) is 4.88 Å². The minimum absolute atomic E-state index is 0.0660. The SMILES string of the molecule is CC(=O)c1ccc(-c2cccc(C(N)O)c2)s1. The van der Waals surface area contributed by atoms with Crippen molar-refractivity contribution in [3.05, 3.63) is 46.8 Å². The molecule has 0 aliphatic heterocycles. The highest BCUT2D eigenvalue weighted by atomic mass is 32.1. The monoisotopic (exact) mass is 247 g/mol. The third-order valence-electron chi connectivity index (χ3n) is 2.47. The quantitative estimate of drug-likeness (QED) is 0.647. The Morgan fingerprint density at radius 3 is 2.71 bits per heavy atom. The maximum atomic E-state index is 11.2. The topological polar surface area (TPSA) is 63.3 Å². The second-order valence-corrected chi connectivity index (χ2v) is 4.87. The van der Waals surface area contributed by atoms with Crippen LogP contribution in [0.2, 0.25) is 0 Å². The Morgan fingerprint density at radius 2 is 2.12 bits per heavy atom. The number of aliphatic hydroxyl groups is 1. The number of hydrogen-bond donors (Lipinski definition) is 2. The molecule has 0 fully saturated rings. The molecule has 0 bridgehead atoms. The Labute approximate surface area is 104 Å². The highest BCUT2D eigenvalue weighted by molar-refractivity contribution is 7.17. The van der Waals surface area contributed by atoms with Crippen LogP contribution in [0, 0.1) is 0 Å². The summed E-state index contributed by atoms with van der Waals surface area (Å²) >= 11 is 1.44. The molecule has 88 valence electrons. The van der Waals surface area contributed by atoms with E-state index < -0.39 is 6.23 Å². The molecule has 2 aromatic rings. The number of nitrogens with two attached hydrogens (primary N) is 1. The zero-order valence-corrected chi connectivity index (χ0v) is 10.2. The minimum atomic E-state index is -0.970. The van der Waals surface area contributed by atoms with Crippen molar-refractivity contribution in [2.75, 3.05) is 0 Å². The van der Waals surface area contributed by atoms with Crippen molar-refractivity contribution in [2.24, 2.45) is 5.73 Å². The third kappa shape index (κ3) is 2.61. The van der Waals surface area contributed by atoms with Crippen LogP contribution in [-0.2, 0) is 0 Å². The first-order chi connectivity index (χ1) is 8.08. The Kier molecular flexibility index (Phi) is 3.38. The molecule has 0 amide bonds.